The van der Waals surface area contributed by atoms with E-state index in [-0.39, 0.29) is 0 Å². The molecule has 0 aromatic rings. The predicted molar refractivity (Wildman–Crippen MR) is 58.4 cm³/mol. The van der Waals surface area contributed by atoms with Crippen molar-refractivity contribution in [3.8, 4) is 0 Å². The third-order valence-corrected chi connectivity index (χ3v) is 3.75. The zero-order chi connectivity index (χ0) is 8.97. The van der Waals surface area contributed by atoms with E-state index in [0.29, 0.717) is 0 Å². The molecule has 1 heteroatoms. The Morgan fingerprint density at radius 2 is 2.33 bits per heavy atom. The van der Waals surface area contributed by atoms with Gasteiger partial charge in [-0.2, -0.15) is 0 Å². The zero-order valence-corrected chi connectivity index (χ0v) is 9.08. The zero-order valence-electron chi connectivity index (χ0n) is 8.26. The van der Waals surface area contributed by atoms with Gasteiger partial charge in [0.2, 0.25) is 0 Å². The molecule has 0 bridgehead atoms. The molecule has 12 heavy (non-hydrogen) atoms. The van der Waals surface area contributed by atoms with Gasteiger partial charge in [0, 0.05) is 10.2 Å². The van der Waals surface area contributed by atoms with Gasteiger partial charge in [0.25, 0.3) is 0 Å². The first kappa shape index (κ1) is 9.91. The molecule has 1 unspecified atom stereocenters. The molecule has 1 rings (SSSR count). The van der Waals surface area contributed by atoms with Gasteiger partial charge < -0.3 is 0 Å². The number of allylic oxidation sites excluding steroid dienone is 3. The molecule has 1 aliphatic rings. The first-order chi connectivity index (χ1) is 5.74. The highest BCUT2D eigenvalue weighted by Crippen LogP contribution is 2.31. The molecule has 0 saturated heterocycles. The van der Waals surface area contributed by atoms with Crippen LogP contribution in [0.2, 0.25) is 0 Å². The van der Waals surface area contributed by atoms with Crippen molar-refractivity contribution < 1.29 is 0 Å². The van der Waals surface area contributed by atoms with Gasteiger partial charge in [0.1, 0.15) is 0 Å². The van der Waals surface area contributed by atoms with Crippen LogP contribution in [-0.4, -0.2) is 5.25 Å². The van der Waals surface area contributed by atoms with Gasteiger partial charge in [-0.25, -0.2) is 0 Å². The summed E-state index contributed by atoms with van der Waals surface area (Å²) in [5.41, 5.74) is 1.57. The Kier molecular flexibility index (Phi) is 3.93. The lowest BCUT2D eigenvalue weighted by molar-refractivity contribution is 0.905. The average molecular weight is 182 g/mol. The summed E-state index contributed by atoms with van der Waals surface area (Å²) in [5, 5.41) is 0.762. The number of rotatable bonds is 3. The fraction of sp³-hybridized carbons (Fsp3) is 0.636. The largest absolute Gasteiger partial charge is 0.123 e. The fourth-order valence-corrected chi connectivity index (χ4v) is 2.27. The molecule has 68 valence electrons. The minimum atomic E-state index is 0.762. The Balaban J connectivity index is 2.55. The van der Waals surface area contributed by atoms with E-state index in [1.165, 1.54) is 24.2 Å². The van der Waals surface area contributed by atoms with Crippen LogP contribution in [0.25, 0.3) is 0 Å². The first-order valence-corrected chi connectivity index (χ1v) is 5.65. The fourth-order valence-electron chi connectivity index (χ4n) is 1.20. The Labute approximate surface area is 80.1 Å². The van der Waals surface area contributed by atoms with Gasteiger partial charge in [0.15, 0.2) is 0 Å². The van der Waals surface area contributed by atoms with Gasteiger partial charge in [-0.05, 0) is 26.2 Å². The lowest BCUT2D eigenvalue weighted by Crippen LogP contribution is -1.96. The molecule has 0 amide bonds. The highest BCUT2D eigenvalue weighted by Gasteiger charge is 2.07. The van der Waals surface area contributed by atoms with Crippen molar-refractivity contribution in [2.45, 2.75) is 45.3 Å². The van der Waals surface area contributed by atoms with Crippen molar-refractivity contribution in [3.63, 3.8) is 0 Å². The number of thioether (sulfide) groups is 1. The Morgan fingerprint density at radius 3 is 2.92 bits per heavy atom. The summed E-state index contributed by atoms with van der Waals surface area (Å²) < 4.78 is 0. The van der Waals surface area contributed by atoms with Crippen LogP contribution in [0.4, 0.5) is 0 Å². The minimum absolute atomic E-state index is 0.762. The molecule has 0 N–H and O–H groups in total. The molecule has 1 aliphatic carbocycles. The average Bonchev–Trinajstić information content (AvgIpc) is 2.09. The normalized spacial score (nSPS) is 19.9. The van der Waals surface area contributed by atoms with Crippen molar-refractivity contribution >= 4 is 11.8 Å². The van der Waals surface area contributed by atoms with Gasteiger partial charge in [-0.15, -0.1) is 11.8 Å². The summed E-state index contributed by atoms with van der Waals surface area (Å²) in [6, 6.07) is 0. The van der Waals surface area contributed by atoms with Gasteiger partial charge in [0.05, 0.1) is 0 Å². The predicted octanol–water partition coefficient (Wildman–Crippen LogP) is 4.14. The van der Waals surface area contributed by atoms with Crippen LogP contribution in [0, 0.1) is 0 Å². The molecule has 1 atom stereocenters. The van der Waals surface area contributed by atoms with Gasteiger partial charge in [-0.1, -0.05) is 31.6 Å². The lowest BCUT2D eigenvalue weighted by atomic mass is 10.1. The Bertz CT molecular complexity index is 201. The third-order valence-electron chi connectivity index (χ3n) is 2.28. The molecular weight excluding hydrogens is 164 g/mol. The summed E-state index contributed by atoms with van der Waals surface area (Å²) in [7, 11) is 0. The van der Waals surface area contributed by atoms with Crippen LogP contribution < -0.4 is 0 Å². The maximum atomic E-state index is 2.30. The molecule has 0 radical (unpaired) electrons. The summed E-state index contributed by atoms with van der Waals surface area (Å²) in [6.07, 6.45) is 8.33. The molecule has 0 nitrogen and oxygen atoms in total. The SMILES string of the molecule is CCC(C)SC1=C(C)CCC=C1. The quantitative estimate of drug-likeness (QED) is 0.632. The molecule has 0 aromatic heterocycles. The van der Waals surface area contributed by atoms with E-state index < -0.39 is 0 Å². The standard InChI is InChI=1S/C11H18S/c1-4-10(3)12-11-8-6-5-7-9(11)2/h6,8,10H,4-5,7H2,1-3H3. The van der Waals surface area contributed by atoms with Crippen LogP contribution in [-0.2, 0) is 0 Å². The van der Waals surface area contributed by atoms with E-state index in [9.17, 15) is 0 Å². The van der Waals surface area contributed by atoms with E-state index >= 15 is 0 Å². The minimum Gasteiger partial charge on any atom is -0.123 e. The highest BCUT2D eigenvalue weighted by molar-refractivity contribution is 8.03. The summed E-state index contributed by atoms with van der Waals surface area (Å²) in [4.78, 5) is 1.51. The van der Waals surface area contributed by atoms with Gasteiger partial charge in [-0.3, -0.25) is 0 Å². The van der Waals surface area contributed by atoms with E-state index in [4.69, 9.17) is 0 Å². The summed E-state index contributed by atoms with van der Waals surface area (Å²) in [5.74, 6) is 0. The maximum Gasteiger partial charge on any atom is 0.00634 e. The van der Waals surface area contributed by atoms with Crippen molar-refractivity contribution in [2.75, 3.05) is 0 Å². The maximum absolute atomic E-state index is 2.30. The van der Waals surface area contributed by atoms with Crippen molar-refractivity contribution in [1.29, 1.82) is 0 Å². The Hall–Kier alpha value is -0.170. The molecule has 0 aromatic carbocycles. The molecule has 0 aliphatic heterocycles. The van der Waals surface area contributed by atoms with E-state index in [2.05, 4.69) is 32.9 Å². The van der Waals surface area contributed by atoms with Crippen LogP contribution >= 0.6 is 11.8 Å². The van der Waals surface area contributed by atoms with E-state index in [0.717, 1.165) is 5.25 Å². The third kappa shape index (κ3) is 2.71. The second kappa shape index (κ2) is 4.76. The second-order valence-electron chi connectivity index (χ2n) is 3.42. The van der Waals surface area contributed by atoms with Crippen LogP contribution in [0.5, 0.6) is 0 Å². The molecule has 0 heterocycles. The highest BCUT2D eigenvalue weighted by atomic mass is 32.2. The number of hydrogen-bond donors (Lipinski definition) is 0. The summed E-state index contributed by atoms with van der Waals surface area (Å²) in [6.45, 7) is 6.81. The van der Waals surface area contributed by atoms with Crippen LogP contribution in [0.1, 0.15) is 40.0 Å². The molecule has 0 spiro atoms. The molecule has 0 saturated carbocycles. The van der Waals surface area contributed by atoms with E-state index in [1.807, 2.05) is 11.8 Å². The van der Waals surface area contributed by atoms with E-state index in [1.54, 1.807) is 5.57 Å². The number of hydrogen-bond acceptors (Lipinski definition) is 1. The smallest absolute Gasteiger partial charge is 0.00634 e. The van der Waals surface area contributed by atoms with Crippen molar-refractivity contribution in [3.05, 3.63) is 22.6 Å². The molecular formula is C11H18S. The Morgan fingerprint density at radius 1 is 1.58 bits per heavy atom. The van der Waals surface area contributed by atoms with Crippen molar-refractivity contribution in [2.24, 2.45) is 0 Å². The second-order valence-corrected chi connectivity index (χ2v) is 4.90. The van der Waals surface area contributed by atoms with Crippen molar-refractivity contribution in [1.82, 2.24) is 0 Å². The van der Waals surface area contributed by atoms with Crippen LogP contribution in [0.3, 0.4) is 0 Å². The molecule has 0 fully saturated rings. The monoisotopic (exact) mass is 182 g/mol. The lowest BCUT2D eigenvalue weighted by Gasteiger charge is -2.15. The topological polar surface area (TPSA) is 0 Å². The van der Waals surface area contributed by atoms with Gasteiger partial charge >= 0.3 is 0 Å². The first-order valence-electron chi connectivity index (χ1n) is 4.77. The summed E-state index contributed by atoms with van der Waals surface area (Å²) >= 11 is 2.02. The van der Waals surface area contributed by atoms with Crippen LogP contribution in [0.15, 0.2) is 22.6 Å².